The summed E-state index contributed by atoms with van der Waals surface area (Å²) >= 11 is 0. The maximum atomic E-state index is 6.97. The molecule has 0 amide bonds. The summed E-state index contributed by atoms with van der Waals surface area (Å²) in [6, 6.07) is 62.3. The number of nitrogens with two attached hydrogens (primary N) is 1. The number of nitrogens with one attached hydrogen (secondary N) is 1. The zero-order chi connectivity index (χ0) is 31.6. The molecule has 0 aromatic heterocycles. The van der Waals surface area contributed by atoms with Crippen molar-refractivity contribution in [3.05, 3.63) is 187 Å². The second kappa shape index (κ2) is 12.5. The summed E-state index contributed by atoms with van der Waals surface area (Å²) in [6.07, 6.45) is -0.309. The van der Waals surface area contributed by atoms with E-state index in [1.165, 1.54) is 49.0 Å². The van der Waals surface area contributed by atoms with Crippen LogP contribution in [0.5, 0.6) is 0 Å². The number of rotatable bonds is 8. The zero-order valence-corrected chi connectivity index (χ0v) is 26.1. The summed E-state index contributed by atoms with van der Waals surface area (Å²) in [5.74, 6) is 0. The molecule has 8 rings (SSSR count). The molecule has 0 aliphatic rings. The Bertz CT molecular complexity index is 2310. The third-order valence-electron chi connectivity index (χ3n) is 9.12. The van der Waals surface area contributed by atoms with Gasteiger partial charge in [0.15, 0.2) is 0 Å². The number of hydrogen-bond donors (Lipinski definition) is 2. The van der Waals surface area contributed by atoms with Crippen molar-refractivity contribution in [1.29, 1.82) is 0 Å². The summed E-state index contributed by atoms with van der Waals surface area (Å²) in [7, 11) is 0. The molecule has 0 bridgehead atoms. The molecule has 0 saturated carbocycles. The average Bonchev–Trinajstić information content (AvgIpc) is 3.14. The van der Waals surface area contributed by atoms with E-state index in [0.29, 0.717) is 6.54 Å². The fourth-order valence-electron chi connectivity index (χ4n) is 6.77. The van der Waals surface area contributed by atoms with E-state index in [1.54, 1.807) is 0 Å². The van der Waals surface area contributed by atoms with Crippen molar-refractivity contribution in [3.8, 4) is 11.1 Å². The standard InChI is InChI=1S/C44H35N3/c45-44(47(36-17-5-2-6-18-36)30-31-13-3-1-4-14-31)33-23-26-35(27-24-33)46-42-22-12-11-21-39(42)41-29-34-16-8-9-19-37(34)40-28-25-32-15-7-10-20-38(32)43(40)41/h1-29,44,46H,30,45H2. The fourth-order valence-corrected chi connectivity index (χ4v) is 6.77. The smallest absolute Gasteiger partial charge is 0.104 e. The van der Waals surface area contributed by atoms with Gasteiger partial charge in [-0.1, -0.05) is 140 Å². The van der Waals surface area contributed by atoms with Crippen molar-refractivity contribution in [2.24, 2.45) is 5.73 Å². The van der Waals surface area contributed by atoms with Crippen LogP contribution >= 0.6 is 0 Å². The van der Waals surface area contributed by atoms with Crippen LogP contribution in [0.2, 0.25) is 0 Å². The Morgan fingerprint density at radius 2 is 1.15 bits per heavy atom. The van der Waals surface area contributed by atoms with Gasteiger partial charge < -0.3 is 16.0 Å². The van der Waals surface area contributed by atoms with Crippen LogP contribution in [0, 0.1) is 0 Å². The van der Waals surface area contributed by atoms with Gasteiger partial charge >= 0.3 is 0 Å². The highest BCUT2D eigenvalue weighted by atomic mass is 15.2. The van der Waals surface area contributed by atoms with Crippen molar-refractivity contribution in [3.63, 3.8) is 0 Å². The molecule has 0 aliphatic heterocycles. The molecule has 0 saturated heterocycles. The highest BCUT2D eigenvalue weighted by molar-refractivity contribution is 6.23. The molecule has 226 valence electrons. The van der Waals surface area contributed by atoms with E-state index in [9.17, 15) is 0 Å². The van der Waals surface area contributed by atoms with E-state index in [2.05, 4.69) is 174 Å². The van der Waals surface area contributed by atoms with Gasteiger partial charge in [0, 0.05) is 29.2 Å². The molecular weight excluding hydrogens is 571 g/mol. The summed E-state index contributed by atoms with van der Waals surface area (Å²) in [5.41, 5.74) is 14.8. The van der Waals surface area contributed by atoms with Crippen LogP contribution in [0.25, 0.3) is 43.4 Å². The molecule has 8 aromatic carbocycles. The second-order valence-electron chi connectivity index (χ2n) is 12.0. The Balaban J connectivity index is 1.15. The molecule has 3 nitrogen and oxygen atoms in total. The van der Waals surface area contributed by atoms with E-state index >= 15 is 0 Å². The molecule has 3 N–H and O–H groups in total. The quantitative estimate of drug-likeness (QED) is 0.134. The van der Waals surface area contributed by atoms with Crippen LogP contribution < -0.4 is 16.0 Å². The van der Waals surface area contributed by atoms with Gasteiger partial charge in [-0.05, 0) is 85.4 Å². The highest BCUT2D eigenvalue weighted by Gasteiger charge is 2.18. The van der Waals surface area contributed by atoms with Crippen molar-refractivity contribution < 1.29 is 0 Å². The topological polar surface area (TPSA) is 41.3 Å². The molecule has 8 aromatic rings. The minimum absolute atomic E-state index is 0.309. The van der Waals surface area contributed by atoms with E-state index in [4.69, 9.17) is 5.73 Å². The molecule has 47 heavy (non-hydrogen) atoms. The minimum Gasteiger partial charge on any atom is -0.355 e. The van der Waals surface area contributed by atoms with Gasteiger partial charge in [0.05, 0.1) is 0 Å². The molecular formula is C44H35N3. The van der Waals surface area contributed by atoms with E-state index in [1.807, 2.05) is 12.1 Å². The van der Waals surface area contributed by atoms with Crippen LogP contribution in [0.1, 0.15) is 17.3 Å². The van der Waals surface area contributed by atoms with Gasteiger partial charge in [0.25, 0.3) is 0 Å². The number of nitrogens with zero attached hydrogens (tertiary/aromatic N) is 1. The monoisotopic (exact) mass is 605 g/mol. The van der Waals surface area contributed by atoms with Crippen LogP contribution in [-0.4, -0.2) is 0 Å². The lowest BCUT2D eigenvalue weighted by Crippen LogP contribution is -2.34. The first-order chi connectivity index (χ1) is 23.2. The Morgan fingerprint density at radius 1 is 0.511 bits per heavy atom. The number of fused-ring (bicyclic) bond motifs is 5. The maximum Gasteiger partial charge on any atom is 0.104 e. The predicted octanol–water partition coefficient (Wildman–Crippen LogP) is 11.2. The Morgan fingerprint density at radius 3 is 1.94 bits per heavy atom. The van der Waals surface area contributed by atoms with Gasteiger partial charge in [-0.2, -0.15) is 0 Å². The van der Waals surface area contributed by atoms with Gasteiger partial charge in [0.1, 0.15) is 6.17 Å². The molecule has 0 aliphatic carbocycles. The average molecular weight is 606 g/mol. The summed E-state index contributed by atoms with van der Waals surface area (Å²) < 4.78 is 0. The largest absolute Gasteiger partial charge is 0.355 e. The Kier molecular flexibility index (Phi) is 7.58. The highest BCUT2D eigenvalue weighted by Crippen LogP contribution is 2.42. The first-order valence-corrected chi connectivity index (χ1v) is 16.1. The third kappa shape index (κ3) is 5.58. The van der Waals surface area contributed by atoms with Crippen molar-refractivity contribution in [2.75, 3.05) is 10.2 Å². The van der Waals surface area contributed by atoms with Gasteiger partial charge in [-0.25, -0.2) is 0 Å². The van der Waals surface area contributed by atoms with E-state index < -0.39 is 0 Å². The third-order valence-corrected chi connectivity index (χ3v) is 9.12. The number of hydrogen-bond acceptors (Lipinski definition) is 3. The van der Waals surface area contributed by atoms with Crippen molar-refractivity contribution in [2.45, 2.75) is 12.7 Å². The van der Waals surface area contributed by atoms with Gasteiger partial charge in [0.2, 0.25) is 0 Å². The van der Waals surface area contributed by atoms with Gasteiger partial charge in [-0.3, -0.25) is 0 Å². The van der Waals surface area contributed by atoms with Crippen LogP contribution in [0.15, 0.2) is 176 Å². The zero-order valence-electron chi connectivity index (χ0n) is 26.1. The maximum absolute atomic E-state index is 6.97. The summed E-state index contributed by atoms with van der Waals surface area (Å²) in [6.45, 7) is 0.716. The Labute approximate surface area is 275 Å². The lowest BCUT2D eigenvalue weighted by molar-refractivity contribution is 0.643. The summed E-state index contributed by atoms with van der Waals surface area (Å²) in [4.78, 5) is 2.25. The minimum atomic E-state index is -0.309. The van der Waals surface area contributed by atoms with Crippen LogP contribution in [-0.2, 0) is 6.54 Å². The molecule has 3 heteroatoms. The molecule has 0 fully saturated rings. The van der Waals surface area contributed by atoms with E-state index in [0.717, 1.165) is 22.6 Å². The first-order valence-electron chi connectivity index (χ1n) is 16.1. The number of benzene rings is 8. The van der Waals surface area contributed by atoms with Crippen molar-refractivity contribution in [1.82, 2.24) is 0 Å². The molecule has 1 atom stereocenters. The lowest BCUT2D eigenvalue weighted by Gasteiger charge is -2.31. The van der Waals surface area contributed by atoms with Crippen LogP contribution in [0.3, 0.4) is 0 Å². The summed E-state index contributed by atoms with van der Waals surface area (Å²) in [5, 5.41) is 11.3. The second-order valence-corrected chi connectivity index (χ2v) is 12.0. The molecule has 0 heterocycles. The Hall–Kier alpha value is -5.90. The fraction of sp³-hybridized carbons (Fsp3) is 0.0455. The van der Waals surface area contributed by atoms with Crippen molar-refractivity contribution >= 4 is 49.4 Å². The first kappa shape index (κ1) is 28.6. The number of para-hydroxylation sites is 2. The number of anilines is 3. The predicted molar refractivity (Wildman–Crippen MR) is 200 cm³/mol. The van der Waals surface area contributed by atoms with E-state index in [-0.39, 0.29) is 6.17 Å². The SMILES string of the molecule is NC(c1ccc(Nc2ccccc2-c2cc3ccccc3c3ccc4ccccc4c23)cc1)N(Cc1ccccc1)c1ccccc1. The lowest BCUT2D eigenvalue weighted by atomic mass is 9.89. The molecule has 0 spiro atoms. The normalized spacial score (nSPS) is 11.9. The van der Waals surface area contributed by atoms with Gasteiger partial charge in [-0.15, -0.1) is 0 Å². The molecule has 0 radical (unpaired) electrons. The van der Waals surface area contributed by atoms with Crippen LogP contribution in [0.4, 0.5) is 17.1 Å². The molecule has 1 unspecified atom stereocenters.